The molecular weight excluding hydrogens is 410 g/mol. The van der Waals surface area contributed by atoms with Crippen LogP contribution in [-0.4, -0.2) is 36.4 Å². The molecule has 4 rings (SSSR count). The van der Waals surface area contributed by atoms with E-state index in [1.165, 1.54) is 9.36 Å². The van der Waals surface area contributed by atoms with E-state index in [-0.39, 0.29) is 12.3 Å². The molecule has 2 aromatic heterocycles. The van der Waals surface area contributed by atoms with E-state index >= 15 is 0 Å². The Hall–Kier alpha value is -4.08. The zero-order chi connectivity index (χ0) is 22.7. The van der Waals surface area contributed by atoms with Crippen molar-refractivity contribution in [3.63, 3.8) is 0 Å². The Balaban J connectivity index is 1.56. The van der Waals surface area contributed by atoms with E-state index in [2.05, 4.69) is 25.6 Å². The molecule has 0 aliphatic heterocycles. The second-order valence-electron chi connectivity index (χ2n) is 7.18. The molecule has 0 aliphatic carbocycles. The van der Waals surface area contributed by atoms with Crippen LogP contribution in [0.4, 0.5) is 0 Å². The molecule has 0 unspecified atom stereocenters. The number of para-hydroxylation sites is 2. The smallest absolute Gasteiger partial charge is 0.368 e. The Bertz CT molecular complexity index is 1340. The van der Waals surface area contributed by atoms with Gasteiger partial charge in [0.2, 0.25) is 11.8 Å². The maximum Gasteiger partial charge on any atom is 0.368 e. The number of nitrogens with zero attached hydrogens (tertiary/aromatic N) is 7. The maximum absolute atomic E-state index is 12.3. The predicted molar refractivity (Wildman–Crippen MR) is 120 cm³/mol. The maximum atomic E-state index is 12.3. The molecule has 4 aromatic rings. The predicted octanol–water partition coefficient (Wildman–Crippen LogP) is 3.16. The molecule has 0 spiro atoms. The lowest BCUT2D eigenvalue weighted by molar-refractivity contribution is 0.282. The summed E-state index contributed by atoms with van der Waals surface area (Å²) in [7, 11) is 1.55. The number of oxazole rings is 1. The van der Waals surface area contributed by atoms with Crippen molar-refractivity contribution in [3.8, 4) is 5.69 Å². The number of aromatic nitrogens is 5. The molecule has 2 aromatic carbocycles. The van der Waals surface area contributed by atoms with Crippen LogP contribution in [0.3, 0.4) is 0 Å². The molecule has 0 radical (unpaired) electrons. The van der Waals surface area contributed by atoms with Crippen LogP contribution in [0.15, 0.2) is 61.9 Å². The lowest BCUT2D eigenvalue weighted by Crippen LogP contribution is -2.23. The number of aryl methyl sites for hydroxylation is 2. The highest BCUT2D eigenvalue weighted by atomic mass is 16.5. The van der Waals surface area contributed by atoms with Crippen molar-refractivity contribution >= 4 is 22.7 Å². The zero-order valence-electron chi connectivity index (χ0n) is 18.3. The fourth-order valence-electron chi connectivity index (χ4n) is 3.10. The van der Waals surface area contributed by atoms with Gasteiger partial charge in [0.25, 0.3) is 0 Å². The molecule has 32 heavy (non-hydrogen) atoms. The SMILES string of the molecule is CCC(=NN=C(C)c1nc2ccccc2o1)OCc1c(C)cccc1-n1nnn(C)c1=O. The van der Waals surface area contributed by atoms with Crippen LogP contribution >= 0.6 is 0 Å². The topological polar surface area (TPSA) is 113 Å². The number of ether oxygens (including phenoxy) is 1. The van der Waals surface area contributed by atoms with Gasteiger partial charge in [0.15, 0.2) is 5.58 Å². The molecule has 0 bridgehead atoms. The molecule has 0 saturated heterocycles. The van der Waals surface area contributed by atoms with Crippen LogP contribution in [0.1, 0.15) is 37.3 Å². The van der Waals surface area contributed by atoms with E-state index in [1.54, 1.807) is 20.0 Å². The van der Waals surface area contributed by atoms with Crippen molar-refractivity contribution < 1.29 is 9.15 Å². The van der Waals surface area contributed by atoms with Gasteiger partial charge in [0.05, 0.1) is 5.69 Å². The van der Waals surface area contributed by atoms with Crippen LogP contribution in [0, 0.1) is 6.92 Å². The fourth-order valence-corrected chi connectivity index (χ4v) is 3.10. The summed E-state index contributed by atoms with van der Waals surface area (Å²) in [5.41, 5.74) is 4.05. The first kappa shape index (κ1) is 21.2. The molecule has 164 valence electrons. The van der Waals surface area contributed by atoms with Gasteiger partial charge in [0.1, 0.15) is 17.8 Å². The number of tetrazole rings is 1. The van der Waals surface area contributed by atoms with Crippen molar-refractivity contribution in [3.05, 3.63) is 70.0 Å². The average Bonchev–Trinajstić information content (AvgIpc) is 3.38. The highest BCUT2D eigenvalue weighted by Crippen LogP contribution is 2.19. The highest BCUT2D eigenvalue weighted by molar-refractivity contribution is 5.96. The van der Waals surface area contributed by atoms with E-state index in [0.29, 0.717) is 35.2 Å². The third-order valence-electron chi connectivity index (χ3n) is 4.94. The van der Waals surface area contributed by atoms with E-state index in [9.17, 15) is 4.79 Å². The van der Waals surface area contributed by atoms with Crippen LogP contribution in [0.5, 0.6) is 0 Å². The Labute approximate surface area is 183 Å². The normalized spacial score (nSPS) is 12.5. The molecule has 0 N–H and O–H groups in total. The molecule has 0 fully saturated rings. The van der Waals surface area contributed by atoms with Gasteiger partial charge in [-0.2, -0.15) is 9.36 Å². The van der Waals surface area contributed by atoms with Crippen molar-refractivity contribution in [1.82, 2.24) is 24.8 Å². The molecule has 10 nitrogen and oxygen atoms in total. The Morgan fingerprint density at radius 1 is 1.12 bits per heavy atom. The minimum absolute atomic E-state index is 0.204. The first-order valence-corrected chi connectivity index (χ1v) is 10.2. The molecule has 2 heterocycles. The fraction of sp³-hybridized carbons (Fsp3) is 0.273. The number of benzene rings is 2. The van der Waals surface area contributed by atoms with Crippen molar-refractivity contribution in [2.45, 2.75) is 33.8 Å². The molecule has 10 heteroatoms. The van der Waals surface area contributed by atoms with Gasteiger partial charge in [-0.05, 0) is 48.0 Å². The van der Waals surface area contributed by atoms with Crippen molar-refractivity contribution in [1.29, 1.82) is 0 Å². The van der Waals surface area contributed by atoms with Crippen molar-refractivity contribution in [2.24, 2.45) is 17.3 Å². The lowest BCUT2D eigenvalue weighted by atomic mass is 10.1. The summed E-state index contributed by atoms with van der Waals surface area (Å²) in [5.74, 6) is 0.856. The zero-order valence-corrected chi connectivity index (χ0v) is 18.3. The van der Waals surface area contributed by atoms with E-state index in [1.807, 2.05) is 50.2 Å². The molecule has 0 saturated carbocycles. The third kappa shape index (κ3) is 4.20. The minimum Gasteiger partial charge on any atom is -0.475 e. The Kier molecular flexibility index (Phi) is 5.93. The number of hydrogen-bond donors (Lipinski definition) is 0. The number of rotatable bonds is 6. The van der Waals surface area contributed by atoms with Crippen LogP contribution in [0.2, 0.25) is 0 Å². The van der Waals surface area contributed by atoms with Gasteiger partial charge in [-0.3, -0.25) is 0 Å². The summed E-state index contributed by atoms with van der Waals surface area (Å²) < 4.78 is 14.1. The van der Waals surface area contributed by atoms with Gasteiger partial charge in [0, 0.05) is 19.0 Å². The monoisotopic (exact) mass is 433 g/mol. The molecular formula is C22H23N7O3. The molecule has 0 amide bonds. The molecule has 0 atom stereocenters. The lowest BCUT2D eigenvalue weighted by Gasteiger charge is -2.13. The second-order valence-corrected chi connectivity index (χ2v) is 7.18. The summed E-state index contributed by atoms with van der Waals surface area (Å²) in [6, 6.07) is 13.1. The quantitative estimate of drug-likeness (QED) is 0.262. The van der Waals surface area contributed by atoms with Gasteiger partial charge in [-0.1, -0.05) is 31.2 Å². The number of fused-ring (bicyclic) bond motifs is 1. The summed E-state index contributed by atoms with van der Waals surface area (Å²) in [6.07, 6.45) is 0.538. The molecule has 0 aliphatic rings. The average molecular weight is 433 g/mol. The van der Waals surface area contributed by atoms with Crippen LogP contribution in [0.25, 0.3) is 16.8 Å². The second kappa shape index (κ2) is 8.96. The van der Waals surface area contributed by atoms with Crippen LogP contribution in [-0.2, 0) is 18.4 Å². The van der Waals surface area contributed by atoms with E-state index < -0.39 is 0 Å². The van der Waals surface area contributed by atoms with Crippen LogP contribution < -0.4 is 5.69 Å². The third-order valence-corrected chi connectivity index (χ3v) is 4.94. The first-order valence-electron chi connectivity index (χ1n) is 10.2. The largest absolute Gasteiger partial charge is 0.475 e. The highest BCUT2D eigenvalue weighted by Gasteiger charge is 2.14. The summed E-state index contributed by atoms with van der Waals surface area (Å²) in [5, 5.41) is 16.2. The van der Waals surface area contributed by atoms with Gasteiger partial charge < -0.3 is 9.15 Å². The first-order chi connectivity index (χ1) is 15.5. The summed E-state index contributed by atoms with van der Waals surface area (Å²) in [4.78, 5) is 16.7. The Morgan fingerprint density at radius 3 is 2.66 bits per heavy atom. The van der Waals surface area contributed by atoms with Crippen molar-refractivity contribution in [2.75, 3.05) is 0 Å². The van der Waals surface area contributed by atoms with Gasteiger partial charge in [-0.25, -0.2) is 9.78 Å². The minimum atomic E-state index is -0.334. The van der Waals surface area contributed by atoms with E-state index in [0.717, 1.165) is 16.6 Å². The summed E-state index contributed by atoms with van der Waals surface area (Å²) in [6.45, 7) is 5.85. The van der Waals surface area contributed by atoms with Gasteiger partial charge in [-0.15, -0.1) is 10.2 Å². The summed E-state index contributed by atoms with van der Waals surface area (Å²) >= 11 is 0. The van der Waals surface area contributed by atoms with Gasteiger partial charge >= 0.3 is 5.69 Å². The number of hydrogen-bond acceptors (Lipinski definition) is 8. The van der Waals surface area contributed by atoms with E-state index in [4.69, 9.17) is 9.15 Å². The Morgan fingerprint density at radius 2 is 1.94 bits per heavy atom. The standard InChI is InChI=1S/C22H23N7O3/c1-5-20(25-24-15(3)21-23-17-10-6-7-12-19(17)32-21)31-13-16-14(2)9-8-11-18(16)29-22(30)28(4)26-27-29/h6-12H,5,13H2,1-4H3.